The highest BCUT2D eigenvalue weighted by Crippen LogP contribution is 2.32. The molecule has 26 heavy (non-hydrogen) atoms. The molecule has 1 aromatic rings. The van der Waals surface area contributed by atoms with Crippen molar-refractivity contribution in [2.75, 3.05) is 23.7 Å². The van der Waals surface area contributed by atoms with Gasteiger partial charge < -0.3 is 4.90 Å². The lowest BCUT2D eigenvalue weighted by Crippen LogP contribution is -2.38. The molecule has 1 fully saturated rings. The molecular weight excluding hydrogens is 346 g/mol. The van der Waals surface area contributed by atoms with Crippen molar-refractivity contribution < 1.29 is 8.42 Å². The van der Waals surface area contributed by atoms with Crippen molar-refractivity contribution in [2.24, 2.45) is 17.8 Å². The van der Waals surface area contributed by atoms with Crippen molar-refractivity contribution in [2.45, 2.75) is 65.0 Å². The lowest BCUT2D eigenvalue weighted by molar-refractivity contribution is 0.286. The Morgan fingerprint density at radius 3 is 2.38 bits per heavy atom. The summed E-state index contributed by atoms with van der Waals surface area (Å²) in [7, 11) is -3.07. The molecule has 5 nitrogen and oxygen atoms in total. The van der Waals surface area contributed by atoms with Crippen LogP contribution in [0.2, 0.25) is 0 Å². The molecule has 1 aliphatic heterocycles. The molecule has 0 saturated carbocycles. The zero-order chi connectivity index (χ0) is 19.4. The number of nitrogens with zero attached hydrogens (tertiary/aromatic N) is 3. The molecule has 0 unspecified atom stereocenters. The monoisotopic (exact) mass is 381 g/mol. The van der Waals surface area contributed by atoms with Crippen molar-refractivity contribution >= 4 is 15.5 Å². The maximum Gasteiger partial charge on any atom is 0.155 e. The number of rotatable bonds is 8. The van der Waals surface area contributed by atoms with Crippen molar-refractivity contribution in [1.82, 2.24) is 10.2 Å². The van der Waals surface area contributed by atoms with Crippen LogP contribution in [-0.2, 0) is 9.84 Å². The largest absolute Gasteiger partial charge is 0.370 e. The standard InChI is InChI=1S/C20H35N3O2S/c1-16(2)14-20(4,5)26(24,25)13-9-17(3)18-7-11-23(12-8-18)19-6-10-21-22-15-19/h6,10,15-18H,7-9,11-14H2,1-5H3/t17-/m0/s1. The van der Waals surface area contributed by atoms with Gasteiger partial charge in [-0.25, -0.2) is 8.42 Å². The van der Waals surface area contributed by atoms with E-state index in [-0.39, 0.29) is 0 Å². The number of sulfone groups is 1. The van der Waals surface area contributed by atoms with Crippen LogP contribution in [0, 0.1) is 17.8 Å². The lowest BCUT2D eigenvalue weighted by Gasteiger charge is -2.36. The minimum atomic E-state index is -3.07. The summed E-state index contributed by atoms with van der Waals surface area (Å²) >= 11 is 0. The van der Waals surface area contributed by atoms with Crippen LogP contribution in [-0.4, -0.2) is 42.2 Å². The number of anilines is 1. The number of hydrogen-bond acceptors (Lipinski definition) is 5. The topological polar surface area (TPSA) is 63.2 Å². The van der Waals surface area contributed by atoms with Gasteiger partial charge in [-0.3, -0.25) is 0 Å². The molecular formula is C20H35N3O2S. The van der Waals surface area contributed by atoms with Gasteiger partial charge in [-0.1, -0.05) is 20.8 Å². The first kappa shape index (κ1) is 21.1. The molecule has 2 heterocycles. The first-order valence-electron chi connectivity index (χ1n) is 9.86. The van der Waals surface area contributed by atoms with E-state index in [2.05, 4.69) is 35.9 Å². The van der Waals surface area contributed by atoms with Gasteiger partial charge in [0.2, 0.25) is 0 Å². The Labute approximate surface area is 159 Å². The highest BCUT2D eigenvalue weighted by molar-refractivity contribution is 7.92. The summed E-state index contributed by atoms with van der Waals surface area (Å²) < 4.78 is 25.0. The van der Waals surface area contributed by atoms with Crippen LogP contribution >= 0.6 is 0 Å². The van der Waals surface area contributed by atoms with Crippen LogP contribution in [0.15, 0.2) is 18.5 Å². The second-order valence-electron chi connectivity index (χ2n) is 8.87. The first-order valence-corrected chi connectivity index (χ1v) is 11.5. The van der Waals surface area contributed by atoms with E-state index in [0.29, 0.717) is 23.5 Å². The molecule has 0 N–H and O–H groups in total. The fourth-order valence-electron chi connectivity index (χ4n) is 4.16. The van der Waals surface area contributed by atoms with Gasteiger partial charge in [0.25, 0.3) is 0 Å². The second-order valence-corrected chi connectivity index (χ2v) is 11.6. The molecule has 1 aliphatic rings. The third kappa shape index (κ3) is 5.41. The fraction of sp³-hybridized carbons (Fsp3) is 0.800. The number of aromatic nitrogens is 2. The zero-order valence-corrected chi connectivity index (χ0v) is 17.8. The summed E-state index contributed by atoms with van der Waals surface area (Å²) in [6, 6.07) is 2.00. The Morgan fingerprint density at radius 2 is 1.85 bits per heavy atom. The summed E-state index contributed by atoms with van der Waals surface area (Å²) in [5, 5.41) is 7.79. The van der Waals surface area contributed by atoms with E-state index in [0.717, 1.165) is 44.5 Å². The van der Waals surface area contributed by atoms with Gasteiger partial charge in [0.1, 0.15) is 0 Å². The van der Waals surface area contributed by atoms with Gasteiger partial charge in [0.05, 0.1) is 28.6 Å². The Kier molecular flexibility index (Phi) is 7.05. The summed E-state index contributed by atoms with van der Waals surface area (Å²) in [6.45, 7) is 12.2. The van der Waals surface area contributed by atoms with Crippen molar-refractivity contribution in [3.05, 3.63) is 18.5 Å². The molecule has 1 aromatic heterocycles. The third-order valence-electron chi connectivity index (χ3n) is 5.86. The Bertz CT molecular complexity index is 651. The van der Waals surface area contributed by atoms with E-state index in [9.17, 15) is 8.42 Å². The van der Waals surface area contributed by atoms with E-state index >= 15 is 0 Å². The SMILES string of the molecule is CC(C)CC(C)(C)S(=O)(=O)CC[C@H](C)C1CCN(c2ccnnc2)CC1. The van der Waals surface area contributed by atoms with E-state index in [1.807, 2.05) is 26.1 Å². The molecule has 0 radical (unpaired) electrons. The predicted molar refractivity (Wildman–Crippen MR) is 108 cm³/mol. The van der Waals surface area contributed by atoms with E-state index in [1.165, 1.54) is 0 Å². The minimum Gasteiger partial charge on any atom is -0.370 e. The Hall–Kier alpha value is -1.17. The molecule has 0 aliphatic carbocycles. The van der Waals surface area contributed by atoms with Gasteiger partial charge in [-0.2, -0.15) is 10.2 Å². The van der Waals surface area contributed by atoms with Gasteiger partial charge in [0.15, 0.2) is 9.84 Å². The van der Waals surface area contributed by atoms with Crippen LogP contribution < -0.4 is 4.90 Å². The second kappa shape index (κ2) is 8.68. The Balaban J connectivity index is 1.84. The summed E-state index contributed by atoms with van der Waals surface area (Å²) in [5.74, 6) is 1.74. The lowest BCUT2D eigenvalue weighted by atomic mass is 9.84. The smallest absolute Gasteiger partial charge is 0.155 e. The average molecular weight is 382 g/mol. The number of hydrogen-bond donors (Lipinski definition) is 0. The molecule has 1 atom stereocenters. The zero-order valence-electron chi connectivity index (χ0n) is 17.0. The van der Waals surface area contributed by atoms with Crippen molar-refractivity contribution in [1.29, 1.82) is 0 Å². The molecule has 2 rings (SSSR count). The van der Waals surface area contributed by atoms with Crippen LogP contribution in [0.3, 0.4) is 0 Å². The normalized spacial score (nSPS) is 18.3. The highest BCUT2D eigenvalue weighted by Gasteiger charge is 2.35. The number of piperidine rings is 1. The maximum atomic E-state index is 12.8. The molecule has 148 valence electrons. The van der Waals surface area contributed by atoms with Crippen LogP contribution in [0.25, 0.3) is 0 Å². The maximum absolute atomic E-state index is 12.8. The van der Waals surface area contributed by atoms with E-state index in [4.69, 9.17) is 0 Å². The summed E-state index contributed by atoms with van der Waals surface area (Å²) in [5.41, 5.74) is 1.13. The van der Waals surface area contributed by atoms with E-state index in [1.54, 1.807) is 6.20 Å². The average Bonchev–Trinajstić information content (AvgIpc) is 2.59. The third-order valence-corrected chi connectivity index (χ3v) is 8.49. The molecule has 1 saturated heterocycles. The van der Waals surface area contributed by atoms with E-state index < -0.39 is 14.6 Å². The summed E-state index contributed by atoms with van der Waals surface area (Å²) in [6.07, 6.45) is 7.26. The van der Waals surface area contributed by atoms with Gasteiger partial charge in [0, 0.05) is 13.1 Å². The van der Waals surface area contributed by atoms with Crippen molar-refractivity contribution in [3.8, 4) is 0 Å². The van der Waals surface area contributed by atoms with Crippen LogP contribution in [0.1, 0.15) is 60.3 Å². The molecule has 6 heteroatoms. The minimum absolute atomic E-state index is 0.308. The van der Waals surface area contributed by atoms with Crippen molar-refractivity contribution in [3.63, 3.8) is 0 Å². The molecule has 0 spiro atoms. The molecule has 0 aromatic carbocycles. The highest BCUT2D eigenvalue weighted by atomic mass is 32.2. The van der Waals surface area contributed by atoms with Gasteiger partial charge in [-0.15, -0.1) is 0 Å². The first-order chi connectivity index (χ1) is 12.1. The van der Waals surface area contributed by atoms with Crippen LogP contribution in [0.4, 0.5) is 5.69 Å². The van der Waals surface area contributed by atoms with Gasteiger partial charge in [-0.05, 0) is 63.4 Å². The molecule has 0 bridgehead atoms. The quantitative estimate of drug-likeness (QED) is 0.682. The fourth-order valence-corrected chi connectivity index (χ4v) is 5.98. The Morgan fingerprint density at radius 1 is 1.19 bits per heavy atom. The summed E-state index contributed by atoms with van der Waals surface area (Å²) in [4.78, 5) is 2.35. The molecule has 0 amide bonds. The van der Waals surface area contributed by atoms with Gasteiger partial charge >= 0.3 is 0 Å². The van der Waals surface area contributed by atoms with Crippen LogP contribution in [0.5, 0.6) is 0 Å². The predicted octanol–water partition coefficient (Wildman–Crippen LogP) is 3.96.